The Morgan fingerprint density at radius 3 is 2.87 bits per heavy atom. The van der Waals surface area contributed by atoms with Crippen LogP contribution in [-0.4, -0.2) is 39.4 Å². The monoisotopic (exact) mass is 351 g/mol. The lowest BCUT2D eigenvalue weighted by Crippen LogP contribution is -2.43. The van der Waals surface area contributed by atoms with Crippen molar-refractivity contribution in [3.05, 3.63) is 34.7 Å². The second kappa shape index (κ2) is 7.61. The highest BCUT2D eigenvalue weighted by Crippen LogP contribution is 2.35. The third kappa shape index (κ3) is 3.92. The van der Waals surface area contributed by atoms with E-state index in [1.165, 1.54) is 4.90 Å². The number of thioether (sulfide) groups is 1. The molecule has 1 aromatic carbocycles. The molecule has 0 radical (unpaired) electrons. The number of ether oxygens (including phenoxy) is 1. The normalized spacial score (nSPS) is 17.7. The van der Waals surface area contributed by atoms with E-state index in [1.54, 1.807) is 19.3 Å². The molecule has 0 aliphatic carbocycles. The van der Waals surface area contributed by atoms with E-state index in [0.717, 1.165) is 17.3 Å². The molecule has 1 aliphatic rings. The number of methoxy groups -OCH3 is 1. The van der Waals surface area contributed by atoms with Gasteiger partial charge in [0.25, 0.3) is 5.91 Å². The van der Waals surface area contributed by atoms with E-state index in [1.807, 2.05) is 25.1 Å². The van der Waals surface area contributed by atoms with Crippen LogP contribution in [0.1, 0.15) is 25.3 Å². The first-order chi connectivity index (χ1) is 11.0. The van der Waals surface area contributed by atoms with Gasteiger partial charge in [-0.15, -0.1) is 0 Å². The Kier molecular flexibility index (Phi) is 5.79. The molecule has 1 amide bonds. The molecule has 0 saturated carbocycles. The summed E-state index contributed by atoms with van der Waals surface area (Å²) < 4.78 is 5.44. The van der Waals surface area contributed by atoms with Crippen LogP contribution in [0.5, 0.6) is 5.75 Å². The fourth-order valence-corrected chi connectivity index (χ4v) is 3.62. The molecule has 2 rings (SSSR count). The second-order valence-electron chi connectivity index (χ2n) is 4.97. The molecule has 0 aromatic heterocycles. The van der Waals surface area contributed by atoms with Crippen molar-refractivity contribution < 1.29 is 19.4 Å². The fraction of sp³-hybridized carbons (Fsp3) is 0.312. The first-order valence-corrected chi connectivity index (χ1v) is 8.34. The number of amides is 1. The Labute approximate surface area is 144 Å². The van der Waals surface area contributed by atoms with Gasteiger partial charge in [-0.1, -0.05) is 49.5 Å². The number of carboxylic acids is 1. The van der Waals surface area contributed by atoms with Crippen molar-refractivity contribution in [2.45, 2.75) is 25.8 Å². The maximum atomic E-state index is 12.6. The van der Waals surface area contributed by atoms with E-state index < -0.39 is 12.0 Å². The highest BCUT2D eigenvalue weighted by atomic mass is 32.2. The van der Waals surface area contributed by atoms with Crippen LogP contribution in [0.4, 0.5) is 0 Å². The zero-order valence-corrected chi connectivity index (χ0v) is 14.4. The van der Waals surface area contributed by atoms with E-state index in [0.29, 0.717) is 23.5 Å². The van der Waals surface area contributed by atoms with Gasteiger partial charge in [0.1, 0.15) is 16.1 Å². The number of benzene rings is 1. The van der Waals surface area contributed by atoms with Crippen LogP contribution in [0, 0.1) is 0 Å². The van der Waals surface area contributed by atoms with Gasteiger partial charge < -0.3 is 9.84 Å². The van der Waals surface area contributed by atoms with Gasteiger partial charge in [0.05, 0.1) is 12.0 Å². The third-order valence-corrected chi connectivity index (χ3v) is 4.70. The van der Waals surface area contributed by atoms with E-state index in [4.69, 9.17) is 17.0 Å². The lowest BCUT2D eigenvalue weighted by Gasteiger charge is -2.22. The Hall–Kier alpha value is -1.86. The summed E-state index contributed by atoms with van der Waals surface area (Å²) in [5.74, 6) is -0.710. The van der Waals surface area contributed by atoms with Crippen LogP contribution in [0.15, 0.2) is 29.2 Å². The van der Waals surface area contributed by atoms with Gasteiger partial charge in [0, 0.05) is 0 Å². The summed E-state index contributed by atoms with van der Waals surface area (Å²) in [5.41, 5.74) is 0.798. The molecule has 0 spiro atoms. The smallest absolute Gasteiger partial charge is 0.326 e. The predicted octanol–water partition coefficient (Wildman–Crippen LogP) is 3.15. The summed E-state index contributed by atoms with van der Waals surface area (Å²) in [7, 11) is 1.57. The molecule has 1 atom stereocenters. The maximum absolute atomic E-state index is 12.6. The fourth-order valence-electron chi connectivity index (χ4n) is 2.27. The minimum absolute atomic E-state index is 0.282. The van der Waals surface area contributed by atoms with Crippen LogP contribution in [0.25, 0.3) is 6.08 Å². The van der Waals surface area contributed by atoms with Crippen molar-refractivity contribution >= 4 is 46.3 Å². The summed E-state index contributed by atoms with van der Waals surface area (Å²) >= 11 is 6.33. The number of carboxylic acid groups (broad SMARTS) is 1. The zero-order valence-electron chi connectivity index (χ0n) is 12.8. The standard InChI is InChI=1S/C16H17NO4S2/c1-3-5-12(15(19)20)17-14(18)13(23-16(17)22)9-10-6-4-7-11(8-10)21-2/h4,6-9,12H,3,5H2,1-2H3,(H,19,20)/b13-9+. The number of thiocarbonyl (C=S) groups is 1. The van der Waals surface area contributed by atoms with Gasteiger partial charge in [-0.05, 0) is 30.2 Å². The molecule has 7 heteroatoms. The van der Waals surface area contributed by atoms with Crippen molar-refractivity contribution in [2.75, 3.05) is 7.11 Å². The van der Waals surface area contributed by atoms with Crippen LogP contribution < -0.4 is 4.74 Å². The second-order valence-corrected chi connectivity index (χ2v) is 6.65. The Bertz CT molecular complexity index is 672. The minimum atomic E-state index is -1.04. The van der Waals surface area contributed by atoms with E-state index in [-0.39, 0.29) is 10.2 Å². The van der Waals surface area contributed by atoms with Crippen LogP contribution in [0.3, 0.4) is 0 Å². The van der Waals surface area contributed by atoms with Gasteiger partial charge in [0.2, 0.25) is 0 Å². The lowest BCUT2D eigenvalue weighted by molar-refractivity contribution is -0.145. The molecular formula is C16H17NO4S2. The number of carbonyl (C=O) groups is 2. The summed E-state index contributed by atoms with van der Waals surface area (Å²) in [5, 5.41) is 9.35. The number of rotatable bonds is 6. The first kappa shape index (κ1) is 17.5. The average molecular weight is 351 g/mol. The van der Waals surface area contributed by atoms with Crippen LogP contribution in [0.2, 0.25) is 0 Å². The van der Waals surface area contributed by atoms with Crippen molar-refractivity contribution in [1.82, 2.24) is 4.90 Å². The molecule has 23 heavy (non-hydrogen) atoms. The van der Waals surface area contributed by atoms with Crippen LogP contribution >= 0.6 is 24.0 Å². The van der Waals surface area contributed by atoms with Gasteiger partial charge in [-0.2, -0.15) is 0 Å². The third-order valence-electron chi connectivity index (χ3n) is 3.37. The largest absolute Gasteiger partial charge is 0.497 e. The van der Waals surface area contributed by atoms with Gasteiger partial charge in [0.15, 0.2) is 0 Å². The molecule has 1 N–H and O–H groups in total. The molecule has 1 heterocycles. The Morgan fingerprint density at radius 1 is 1.52 bits per heavy atom. The van der Waals surface area contributed by atoms with Crippen molar-refractivity contribution in [1.29, 1.82) is 0 Å². The molecule has 1 aromatic rings. The quantitative estimate of drug-likeness (QED) is 0.627. The summed E-state index contributed by atoms with van der Waals surface area (Å²) in [6, 6.07) is 6.36. The molecule has 1 aliphatic heterocycles. The molecule has 122 valence electrons. The summed E-state index contributed by atoms with van der Waals surface area (Å²) in [6.45, 7) is 1.87. The van der Waals surface area contributed by atoms with Gasteiger partial charge in [-0.3, -0.25) is 9.69 Å². The Morgan fingerprint density at radius 2 is 2.26 bits per heavy atom. The Balaban J connectivity index is 2.29. The molecule has 0 bridgehead atoms. The SMILES string of the molecule is CCCC(C(=O)O)N1C(=O)/C(=C\c2cccc(OC)c2)SC1=S. The number of hydrogen-bond donors (Lipinski definition) is 1. The number of aliphatic carboxylic acids is 1. The van der Waals surface area contributed by atoms with E-state index in [9.17, 15) is 14.7 Å². The molecular weight excluding hydrogens is 334 g/mol. The predicted molar refractivity (Wildman–Crippen MR) is 94.3 cm³/mol. The zero-order chi connectivity index (χ0) is 17.0. The van der Waals surface area contributed by atoms with Gasteiger partial charge >= 0.3 is 5.97 Å². The van der Waals surface area contributed by atoms with Crippen molar-refractivity contribution in [3.8, 4) is 5.75 Å². The molecule has 5 nitrogen and oxygen atoms in total. The lowest BCUT2D eigenvalue weighted by atomic mass is 10.1. The molecule has 1 fully saturated rings. The topological polar surface area (TPSA) is 66.8 Å². The highest BCUT2D eigenvalue weighted by molar-refractivity contribution is 8.26. The van der Waals surface area contributed by atoms with E-state index >= 15 is 0 Å². The first-order valence-electron chi connectivity index (χ1n) is 7.11. The van der Waals surface area contributed by atoms with E-state index in [2.05, 4.69) is 0 Å². The van der Waals surface area contributed by atoms with Gasteiger partial charge in [-0.25, -0.2) is 4.79 Å². The number of nitrogens with zero attached hydrogens (tertiary/aromatic N) is 1. The molecule has 1 saturated heterocycles. The van der Waals surface area contributed by atoms with Crippen molar-refractivity contribution in [2.24, 2.45) is 0 Å². The van der Waals surface area contributed by atoms with Crippen LogP contribution in [-0.2, 0) is 9.59 Å². The number of hydrogen-bond acceptors (Lipinski definition) is 5. The number of carbonyl (C=O) groups excluding carboxylic acids is 1. The van der Waals surface area contributed by atoms with Crippen molar-refractivity contribution in [3.63, 3.8) is 0 Å². The highest BCUT2D eigenvalue weighted by Gasteiger charge is 2.39. The molecule has 1 unspecified atom stereocenters. The minimum Gasteiger partial charge on any atom is -0.497 e. The summed E-state index contributed by atoms with van der Waals surface area (Å²) in [6.07, 6.45) is 2.73. The average Bonchev–Trinajstić information content (AvgIpc) is 2.79. The maximum Gasteiger partial charge on any atom is 0.326 e. The summed E-state index contributed by atoms with van der Waals surface area (Å²) in [4.78, 5) is 25.6.